The Morgan fingerprint density at radius 2 is 1.07 bits per heavy atom. The van der Waals surface area contributed by atoms with Crippen LogP contribution in [0.25, 0.3) is 0 Å². The first-order valence-electron chi connectivity index (χ1n) is 7.16. The zero-order chi connectivity index (χ0) is 10.3. The molecule has 15 heavy (non-hydrogen) atoms. The maximum Gasteiger partial charge on any atom is -0.00203 e. The van der Waals surface area contributed by atoms with Crippen LogP contribution < -0.4 is 5.32 Å². The van der Waals surface area contributed by atoms with Crippen LogP contribution in [-0.4, -0.2) is 13.1 Å². The maximum atomic E-state index is 3.64. The fourth-order valence-corrected chi connectivity index (χ4v) is 3.32. The Kier molecular flexibility index (Phi) is 4.98. The first-order chi connectivity index (χ1) is 7.45. The third kappa shape index (κ3) is 4.14. The summed E-state index contributed by atoms with van der Waals surface area (Å²) in [6.45, 7) is 2.60. The Labute approximate surface area is 95.0 Å². The molecule has 2 aliphatic rings. The number of piperidine rings is 1. The van der Waals surface area contributed by atoms with Gasteiger partial charge in [-0.1, -0.05) is 44.9 Å². The van der Waals surface area contributed by atoms with Crippen molar-refractivity contribution in [2.45, 2.75) is 64.2 Å². The molecular weight excluding hydrogens is 182 g/mol. The van der Waals surface area contributed by atoms with Crippen LogP contribution in [0, 0.1) is 11.8 Å². The molecule has 1 heteroatoms. The van der Waals surface area contributed by atoms with Crippen LogP contribution in [0.5, 0.6) is 0 Å². The highest BCUT2D eigenvalue weighted by Gasteiger charge is 2.20. The molecule has 88 valence electrons. The molecule has 0 spiro atoms. The second-order valence-electron chi connectivity index (χ2n) is 5.68. The van der Waals surface area contributed by atoms with Crippen LogP contribution in [0.1, 0.15) is 64.2 Å². The third-order valence-electron chi connectivity index (χ3n) is 4.26. The molecule has 0 amide bonds. The lowest BCUT2D eigenvalue weighted by Gasteiger charge is -2.30. The fourth-order valence-electron chi connectivity index (χ4n) is 3.32. The van der Waals surface area contributed by atoms with E-state index in [1.807, 2.05) is 0 Å². The van der Waals surface area contributed by atoms with Gasteiger partial charge in [0.2, 0.25) is 0 Å². The molecule has 1 saturated heterocycles. The molecule has 0 radical (unpaired) electrons. The van der Waals surface area contributed by atoms with Gasteiger partial charge in [-0.15, -0.1) is 0 Å². The van der Waals surface area contributed by atoms with E-state index in [0.717, 1.165) is 11.8 Å². The largest absolute Gasteiger partial charge is 0.316 e. The van der Waals surface area contributed by atoms with E-state index in [4.69, 9.17) is 0 Å². The first kappa shape index (κ1) is 11.4. The lowest BCUT2D eigenvalue weighted by Crippen LogP contribution is -2.36. The topological polar surface area (TPSA) is 12.0 Å². The SMILES string of the molecule is C1CCCCC2CNCC(CCCC1)C2. The van der Waals surface area contributed by atoms with Gasteiger partial charge in [0.05, 0.1) is 0 Å². The molecule has 1 N–H and O–H groups in total. The van der Waals surface area contributed by atoms with Crippen LogP contribution in [0.3, 0.4) is 0 Å². The van der Waals surface area contributed by atoms with Crippen LogP contribution in [-0.2, 0) is 0 Å². The number of hydrogen-bond donors (Lipinski definition) is 1. The van der Waals surface area contributed by atoms with Crippen molar-refractivity contribution >= 4 is 0 Å². The van der Waals surface area contributed by atoms with E-state index in [1.165, 1.54) is 77.3 Å². The molecule has 1 aliphatic heterocycles. The van der Waals surface area contributed by atoms with Crippen LogP contribution in [0.2, 0.25) is 0 Å². The van der Waals surface area contributed by atoms with E-state index >= 15 is 0 Å². The van der Waals surface area contributed by atoms with E-state index in [-0.39, 0.29) is 0 Å². The lowest BCUT2D eigenvalue weighted by atomic mass is 9.83. The van der Waals surface area contributed by atoms with Gasteiger partial charge in [0, 0.05) is 0 Å². The van der Waals surface area contributed by atoms with Crippen molar-refractivity contribution < 1.29 is 0 Å². The Bertz CT molecular complexity index is 151. The van der Waals surface area contributed by atoms with Gasteiger partial charge in [0.1, 0.15) is 0 Å². The highest BCUT2D eigenvalue weighted by atomic mass is 14.9. The van der Waals surface area contributed by atoms with Gasteiger partial charge < -0.3 is 5.32 Å². The molecule has 2 atom stereocenters. The van der Waals surface area contributed by atoms with Gasteiger partial charge in [0.15, 0.2) is 0 Å². The summed E-state index contributed by atoms with van der Waals surface area (Å²) in [6, 6.07) is 0. The lowest BCUT2D eigenvalue weighted by molar-refractivity contribution is 0.250. The predicted octanol–water partition coefficient (Wildman–Crippen LogP) is 3.74. The van der Waals surface area contributed by atoms with Crippen LogP contribution in [0.15, 0.2) is 0 Å². The van der Waals surface area contributed by atoms with E-state index in [0.29, 0.717) is 0 Å². The smallest absolute Gasteiger partial charge is 0.00203 e. The average molecular weight is 209 g/mol. The number of rotatable bonds is 0. The quantitative estimate of drug-likeness (QED) is 0.641. The molecular formula is C14H27N. The monoisotopic (exact) mass is 209 g/mol. The van der Waals surface area contributed by atoms with Crippen molar-refractivity contribution in [2.75, 3.05) is 13.1 Å². The summed E-state index contributed by atoms with van der Waals surface area (Å²) in [5.74, 6) is 2.01. The highest BCUT2D eigenvalue weighted by Crippen LogP contribution is 2.26. The second kappa shape index (κ2) is 6.52. The van der Waals surface area contributed by atoms with Crippen molar-refractivity contribution in [2.24, 2.45) is 11.8 Å². The van der Waals surface area contributed by atoms with E-state index in [9.17, 15) is 0 Å². The van der Waals surface area contributed by atoms with Gasteiger partial charge in [-0.05, 0) is 44.2 Å². The second-order valence-corrected chi connectivity index (χ2v) is 5.68. The normalized spacial score (nSPS) is 35.2. The van der Waals surface area contributed by atoms with Gasteiger partial charge in [-0.25, -0.2) is 0 Å². The van der Waals surface area contributed by atoms with E-state index < -0.39 is 0 Å². The Morgan fingerprint density at radius 1 is 0.600 bits per heavy atom. The molecule has 0 aromatic heterocycles. The van der Waals surface area contributed by atoms with Crippen LogP contribution >= 0.6 is 0 Å². The minimum atomic E-state index is 1.00. The summed E-state index contributed by atoms with van der Waals surface area (Å²) in [5, 5.41) is 3.64. The van der Waals surface area contributed by atoms with Gasteiger partial charge >= 0.3 is 0 Å². The highest BCUT2D eigenvalue weighted by molar-refractivity contribution is 4.76. The average Bonchev–Trinajstić information content (AvgIpc) is 2.26. The molecule has 2 unspecified atom stereocenters. The van der Waals surface area contributed by atoms with Crippen molar-refractivity contribution in [3.8, 4) is 0 Å². The summed E-state index contributed by atoms with van der Waals surface area (Å²) in [7, 11) is 0. The molecule has 2 bridgehead atoms. The van der Waals surface area contributed by atoms with E-state index in [1.54, 1.807) is 0 Å². The van der Waals surface area contributed by atoms with Crippen LogP contribution in [0.4, 0.5) is 0 Å². The number of fused-ring (bicyclic) bond motifs is 2. The number of nitrogens with one attached hydrogen (secondary N) is 1. The molecule has 2 fully saturated rings. The van der Waals surface area contributed by atoms with E-state index in [2.05, 4.69) is 5.32 Å². The fraction of sp³-hybridized carbons (Fsp3) is 1.00. The first-order valence-corrected chi connectivity index (χ1v) is 7.16. The van der Waals surface area contributed by atoms with Gasteiger partial charge in [-0.3, -0.25) is 0 Å². The van der Waals surface area contributed by atoms with Gasteiger partial charge in [0.25, 0.3) is 0 Å². The minimum absolute atomic E-state index is 1.00. The zero-order valence-electron chi connectivity index (χ0n) is 10.1. The predicted molar refractivity (Wildman–Crippen MR) is 66.0 cm³/mol. The Morgan fingerprint density at radius 3 is 1.60 bits per heavy atom. The summed E-state index contributed by atoms with van der Waals surface area (Å²) in [6.07, 6.45) is 14.9. The standard InChI is InChI=1S/C14H27N/c1-2-4-6-8-13-10-14(12-15-11-13)9-7-5-3-1/h13-15H,1-12H2. The van der Waals surface area contributed by atoms with Crippen molar-refractivity contribution in [1.29, 1.82) is 0 Å². The maximum absolute atomic E-state index is 3.64. The molecule has 1 aliphatic carbocycles. The summed E-state index contributed by atoms with van der Waals surface area (Å²) in [5.41, 5.74) is 0. The Balaban J connectivity index is 1.78. The molecule has 1 nitrogen and oxygen atoms in total. The summed E-state index contributed by atoms with van der Waals surface area (Å²) >= 11 is 0. The molecule has 1 heterocycles. The molecule has 0 aromatic rings. The minimum Gasteiger partial charge on any atom is -0.316 e. The Hall–Kier alpha value is -0.0400. The van der Waals surface area contributed by atoms with Gasteiger partial charge in [-0.2, -0.15) is 0 Å². The van der Waals surface area contributed by atoms with Crippen molar-refractivity contribution in [3.05, 3.63) is 0 Å². The zero-order valence-corrected chi connectivity index (χ0v) is 10.1. The molecule has 1 saturated carbocycles. The summed E-state index contributed by atoms with van der Waals surface area (Å²) < 4.78 is 0. The number of hydrogen-bond acceptors (Lipinski definition) is 1. The molecule has 0 aromatic carbocycles. The molecule has 2 rings (SSSR count). The van der Waals surface area contributed by atoms with Crippen molar-refractivity contribution in [1.82, 2.24) is 5.32 Å². The summed E-state index contributed by atoms with van der Waals surface area (Å²) in [4.78, 5) is 0. The third-order valence-corrected chi connectivity index (χ3v) is 4.26. The van der Waals surface area contributed by atoms with Crippen molar-refractivity contribution in [3.63, 3.8) is 0 Å².